The Kier molecular flexibility index (Phi) is 10.1. The van der Waals surface area contributed by atoms with Crippen LogP contribution in [0.2, 0.25) is 0 Å². The van der Waals surface area contributed by atoms with Crippen LogP contribution < -0.4 is 4.74 Å². The largest absolute Gasteiger partial charge is 0.490 e. The van der Waals surface area contributed by atoms with Gasteiger partial charge in [0, 0.05) is 6.61 Å². The molecular weight excluding hydrogens is 408 g/mol. The fourth-order valence-electron chi connectivity index (χ4n) is 3.63. The number of nitrogens with zero attached hydrogens (tertiary/aromatic N) is 2. The van der Waals surface area contributed by atoms with Crippen LogP contribution in [0, 0.1) is 0 Å². The maximum atomic E-state index is 5.86. The molecule has 0 saturated heterocycles. The van der Waals surface area contributed by atoms with E-state index in [0.717, 1.165) is 59.5 Å². The first-order chi connectivity index (χ1) is 16.2. The zero-order chi connectivity index (χ0) is 23.3. The Morgan fingerprint density at radius 3 is 2.61 bits per heavy atom. The summed E-state index contributed by atoms with van der Waals surface area (Å²) in [5, 5.41) is 0. The molecule has 4 nitrogen and oxygen atoms in total. The van der Waals surface area contributed by atoms with E-state index < -0.39 is 0 Å². The molecule has 33 heavy (non-hydrogen) atoms. The highest BCUT2D eigenvalue weighted by molar-refractivity contribution is 5.82. The maximum absolute atomic E-state index is 5.86. The molecule has 0 amide bonds. The Morgan fingerprint density at radius 2 is 1.82 bits per heavy atom. The molecule has 0 aliphatic rings. The second kappa shape index (κ2) is 13.5. The summed E-state index contributed by atoms with van der Waals surface area (Å²) in [7, 11) is 0. The number of ether oxygens (including phenoxy) is 2. The van der Waals surface area contributed by atoms with Crippen LogP contribution in [0.1, 0.15) is 58.1 Å². The van der Waals surface area contributed by atoms with Gasteiger partial charge in [0.15, 0.2) is 0 Å². The molecule has 3 rings (SSSR count). The van der Waals surface area contributed by atoms with Crippen LogP contribution >= 0.6 is 0 Å². The maximum Gasteiger partial charge on any atom is 0.119 e. The molecule has 1 aromatic heterocycles. The molecule has 1 heterocycles. The highest BCUT2D eigenvalue weighted by atomic mass is 16.5. The Balaban J connectivity index is 1.51. The first-order valence-electron chi connectivity index (χ1n) is 12.1. The van der Waals surface area contributed by atoms with Gasteiger partial charge >= 0.3 is 0 Å². The molecule has 2 aromatic carbocycles. The topological polar surface area (TPSA) is 44.2 Å². The van der Waals surface area contributed by atoms with E-state index in [1.807, 2.05) is 24.4 Å². The molecule has 0 bridgehead atoms. The summed E-state index contributed by atoms with van der Waals surface area (Å²) in [6, 6.07) is 14.3. The van der Waals surface area contributed by atoms with Crippen molar-refractivity contribution in [3.05, 3.63) is 73.1 Å². The van der Waals surface area contributed by atoms with Gasteiger partial charge in [-0.2, -0.15) is 0 Å². The zero-order valence-electron chi connectivity index (χ0n) is 20.0. The normalized spacial score (nSPS) is 12.3. The van der Waals surface area contributed by atoms with Crippen molar-refractivity contribution in [2.75, 3.05) is 13.2 Å². The smallest absolute Gasteiger partial charge is 0.119 e. The van der Waals surface area contributed by atoms with Crippen LogP contribution in [-0.2, 0) is 4.74 Å². The van der Waals surface area contributed by atoms with Crippen LogP contribution in [-0.4, -0.2) is 29.3 Å². The third-order valence-electron chi connectivity index (χ3n) is 5.54. The summed E-state index contributed by atoms with van der Waals surface area (Å²) in [5.41, 5.74) is 4.92. The van der Waals surface area contributed by atoms with Gasteiger partial charge in [-0.05, 0) is 74.1 Å². The van der Waals surface area contributed by atoms with E-state index >= 15 is 0 Å². The van der Waals surface area contributed by atoms with E-state index in [4.69, 9.17) is 14.5 Å². The van der Waals surface area contributed by atoms with Crippen molar-refractivity contribution in [3.8, 4) is 16.9 Å². The molecule has 4 heteroatoms. The van der Waals surface area contributed by atoms with E-state index in [-0.39, 0.29) is 0 Å². The van der Waals surface area contributed by atoms with Crippen molar-refractivity contribution < 1.29 is 9.47 Å². The quantitative estimate of drug-likeness (QED) is 0.189. The van der Waals surface area contributed by atoms with Crippen LogP contribution in [0.25, 0.3) is 28.2 Å². The molecule has 0 aliphatic heterocycles. The van der Waals surface area contributed by atoms with Gasteiger partial charge in [0.05, 0.1) is 29.0 Å². The highest BCUT2D eigenvalue weighted by Gasteiger charge is 2.04. The molecule has 0 fully saturated rings. The summed E-state index contributed by atoms with van der Waals surface area (Å²) >= 11 is 0. The Hall–Kier alpha value is -2.98. The van der Waals surface area contributed by atoms with Gasteiger partial charge in [-0.15, -0.1) is 0 Å². The SMILES string of the molecule is C=CCOc1ccc(-c2ccc3nc(C=CCCCC(C)OCCCCC)cnc3c2)cc1. The lowest BCUT2D eigenvalue weighted by Gasteiger charge is -2.11. The first-order valence-corrected chi connectivity index (χ1v) is 12.1. The molecule has 0 spiro atoms. The van der Waals surface area contributed by atoms with Crippen molar-refractivity contribution in [2.24, 2.45) is 0 Å². The van der Waals surface area contributed by atoms with Crippen molar-refractivity contribution in [1.82, 2.24) is 9.97 Å². The number of rotatable bonds is 14. The third-order valence-corrected chi connectivity index (χ3v) is 5.54. The predicted octanol–water partition coefficient (Wildman–Crippen LogP) is 7.64. The average molecular weight is 445 g/mol. The molecule has 1 unspecified atom stereocenters. The molecule has 0 N–H and O–H groups in total. The summed E-state index contributed by atoms with van der Waals surface area (Å²) < 4.78 is 11.4. The zero-order valence-corrected chi connectivity index (χ0v) is 20.0. The van der Waals surface area contributed by atoms with Gasteiger partial charge in [0.1, 0.15) is 12.4 Å². The van der Waals surface area contributed by atoms with Crippen molar-refractivity contribution in [3.63, 3.8) is 0 Å². The van der Waals surface area contributed by atoms with Gasteiger partial charge in [-0.1, -0.05) is 56.7 Å². The molecule has 174 valence electrons. The fraction of sp³-hybridized carbons (Fsp3) is 0.379. The highest BCUT2D eigenvalue weighted by Crippen LogP contribution is 2.25. The van der Waals surface area contributed by atoms with Crippen LogP contribution in [0.15, 0.2) is 67.4 Å². The third kappa shape index (κ3) is 8.14. The molecule has 1 atom stereocenters. The van der Waals surface area contributed by atoms with Gasteiger partial charge < -0.3 is 9.47 Å². The van der Waals surface area contributed by atoms with E-state index in [1.54, 1.807) is 6.08 Å². The lowest BCUT2D eigenvalue weighted by atomic mass is 10.0. The number of fused-ring (bicyclic) bond motifs is 1. The number of unbranched alkanes of at least 4 members (excludes halogenated alkanes) is 3. The van der Waals surface area contributed by atoms with E-state index in [2.05, 4.69) is 61.8 Å². The lowest BCUT2D eigenvalue weighted by molar-refractivity contribution is 0.0566. The standard InChI is InChI=1S/C29H36N2O2/c1-4-6-10-20-32-23(3)11-8-7-9-12-26-22-30-29-21-25(15-18-28(29)31-26)24-13-16-27(17-14-24)33-19-5-2/h5,9,12-18,21-23H,2,4,6-8,10-11,19-20H2,1,3H3. The number of benzene rings is 2. The second-order valence-electron chi connectivity index (χ2n) is 8.34. The Labute approximate surface area is 198 Å². The predicted molar refractivity (Wildman–Crippen MR) is 138 cm³/mol. The molecule has 0 saturated carbocycles. The summed E-state index contributed by atoms with van der Waals surface area (Å²) in [6.45, 7) is 9.45. The molecule has 3 aromatic rings. The van der Waals surface area contributed by atoms with E-state index in [9.17, 15) is 0 Å². The number of aromatic nitrogens is 2. The molecular formula is C29H36N2O2. The fourth-order valence-corrected chi connectivity index (χ4v) is 3.63. The number of hydrogen-bond donors (Lipinski definition) is 0. The van der Waals surface area contributed by atoms with Gasteiger partial charge in [0.25, 0.3) is 0 Å². The minimum Gasteiger partial charge on any atom is -0.490 e. The van der Waals surface area contributed by atoms with Crippen LogP contribution in [0.5, 0.6) is 5.75 Å². The second-order valence-corrected chi connectivity index (χ2v) is 8.34. The lowest BCUT2D eigenvalue weighted by Crippen LogP contribution is -2.08. The van der Waals surface area contributed by atoms with Crippen molar-refractivity contribution in [1.29, 1.82) is 0 Å². The van der Waals surface area contributed by atoms with E-state index in [0.29, 0.717) is 12.7 Å². The minimum atomic E-state index is 0.334. The van der Waals surface area contributed by atoms with Gasteiger partial charge in [0.2, 0.25) is 0 Å². The summed E-state index contributed by atoms with van der Waals surface area (Å²) in [6.07, 6.45) is 15.1. The first kappa shape index (κ1) is 24.7. The van der Waals surface area contributed by atoms with Crippen LogP contribution in [0.4, 0.5) is 0 Å². The summed E-state index contributed by atoms with van der Waals surface area (Å²) in [4.78, 5) is 9.38. The number of hydrogen-bond acceptors (Lipinski definition) is 4. The molecule has 0 aliphatic carbocycles. The van der Waals surface area contributed by atoms with Gasteiger partial charge in [-0.25, -0.2) is 4.98 Å². The number of allylic oxidation sites excluding steroid dienone is 1. The summed E-state index contributed by atoms with van der Waals surface area (Å²) in [5.74, 6) is 0.838. The van der Waals surface area contributed by atoms with Crippen LogP contribution in [0.3, 0.4) is 0 Å². The van der Waals surface area contributed by atoms with Crippen molar-refractivity contribution in [2.45, 2.75) is 58.5 Å². The Bertz CT molecular complexity index is 1030. The molecule has 0 radical (unpaired) electrons. The Morgan fingerprint density at radius 1 is 1.00 bits per heavy atom. The van der Waals surface area contributed by atoms with Gasteiger partial charge in [-0.3, -0.25) is 4.98 Å². The van der Waals surface area contributed by atoms with Crippen molar-refractivity contribution >= 4 is 17.1 Å². The minimum absolute atomic E-state index is 0.334. The monoisotopic (exact) mass is 444 g/mol. The average Bonchev–Trinajstić information content (AvgIpc) is 2.85. The van der Waals surface area contributed by atoms with E-state index in [1.165, 1.54) is 19.3 Å².